The fourth-order valence-electron chi connectivity index (χ4n) is 2.07. The van der Waals surface area contributed by atoms with Crippen LogP contribution in [0.15, 0.2) is 46.0 Å². The van der Waals surface area contributed by atoms with Crippen LogP contribution in [0.1, 0.15) is 26.3 Å². The molecule has 0 aliphatic carbocycles. The first-order valence-electron chi connectivity index (χ1n) is 6.19. The van der Waals surface area contributed by atoms with Crippen molar-refractivity contribution in [3.05, 3.63) is 61.1 Å². The van der Waals surface area contributed by atoms with E-state index in [4.69, 9.17) is 0 Å². The zero-order valence-corrected chi connectivity index (χ0v) is 14.7. The number of aromatic hydroxyl groups is 1. The number of halogens is 2. The minimum Gasteiger partial charge on any atom is -0.506 e. The summed E-state index contributed by atoms with van der Waals surface area (Å²) in [7, 11) is 0. The van der Waals surface area contributed by atoms with Gasteiger partial charge in [0.2, 0.25) is 0 Å². The lowest BCUT2D eigenvalue weighted by Crippen LogP contribution is -2.24. The molecular weight excluding hydrogens is 463 g/mol. The molecule has 0 fully saturated rings. The van der Waals surface area contributed by atoms with E-state index in [0.29, 0.717) is 24.7 Å². The van der Waals surface area contributed by atoms with Gasteiger partial charge in [-0.2, -0.15) is 10.1 Å². The second-order valence-electron chi connectivity index (χ2n) is 4.55. The van der Waals surface area contributed by atoms with Crippen LogP contribution < -0.4 is 0 Å². The first-order valence-corrected chi connectivity index (χ1v) is 8.06. The van der Waals surface area contributed by atoms with Crippen molar-refractivity contribution >= 4 is 56.5 Å². The molecule has 2 aromatic rings. The molecule has 0 radical (unpaired) electrons. The lowest BCUT2D eigenvalue weighted by molar-refractivity contribution is 0.0660. The van der Waals surface area contributed by atoms with Gasteiger partial charge in [-0.25, -0.2) is 0 Å². The van der Waals surface area contributed by atoms with Crippen LogP contribution in [0.2, 0.25) is 0 Å². The molecule has 1 aliphatic heterocycles. The fourth-order valence-corrected chi connectivity index (χ4v) is 3.56. The number of imide groups is 1. The predicted molar refractivity (Wildman–Crippen MR) is 93.1 cm³/mol. The highest BCUT2D eigenvalue weighted by Gasteiger charge is 2.35. The number of carbonyl (C=O) groups excluding carboxylic acids is 2. The maximum Gasteiger partial charge on any atom is 0.282 e. The number of hydrogen-bond donors (Lipinski definition) is 1. The molecule has 0 bridgehead atoms. The normalized spacial score (nSPS) is 14.0. The second-order valence-corrected chi connectivity index (χ2v) is 6.56. The van der Waals surface area contributed by atoms with Crippen molar-refractivity contribution in [2.24, 2.45) is 5.10 Å². The first kappa shape index (κ1) is 15.2. The number of phenols is 1. The van der Waals surface area contributed by atoms with Crippen LogP contribution in [0, 0.1) is 3.57 Å². The van der Waals surface area contributed by atoms with E-state index in [-0.39, 0.29) is 5.75 Å². The largest absolute Gasteiger partial charge is 0.506 e. The van der Waals surface area contributed by atoms with E-state index < -0.39 is 11.8 Å². The minimum atomic E-state index is -0.440. The molecule has 3 rings (SSSR count). The van der Waals surface area contributed by atoms with Crippen molar-refractivity contribution in [2.75, 3.05) is 0 Å². The van der Waals surface area contributed by atoms with Crippen LogP contribution in [0.4, 0.5) is 0 Å². The molecule has 0 atom stereocenters. The molecule has 1 N–H and O–H groups in total. The highest BCUT2D eigenvalue weighted by Crippen LogP contribution is 2.30. The third-order valence-corrected chi connectivity index (χ3v) is 4.56. The third kappa shape index (κ3) is 2.54. The van der Waals surface area contributed by atoms with Crippen LogP contribution in [-0.2, 0) is 0 Å². The van der Waals surface area contributed by atoms with Crippen LogP contribution in [0.25, 0.3) is 0 Å². The van der Waals surface area contributed by atoms with E-state index in [1.165, 1.54) is 6.21 Å². The molecule has 0 spiro atoms. The Morgan fingerprint density at radius 2 is 1.73 bits per heavy atom. The summed E-state index contributed by atoms with van der Waals surface area (Å²) in [6.07, 6.45) is 1.41. The van der Waals surface area contributed by atoms with Crippen LogP contribution in [-0.4, -0.2) is 28.1 Å². The Balaban J connectivity index is 1.92. The minimum absolute atomic E-state index is 0.137. The Kier molecular flexibility index (Phi) is 4.00. The number of amides is 2. The maximum absolute atomic E-state index is 12.2. The number of hydrogen-bond acceptors (Lipinski definition) is 4. The lowest BCUT2D eigenvalue weighted by atomic mass is 10.1. The van der Waals surface area contributed by atoms with E-state index in [9.17, 15) is 14.7 Å². The zero-order valence-electron chi connectivity index (χ0n) is 11.0. The Labute approximate surface area is 147 Å². The van der Waals surface area contributed by atoms with Gasteiger partial charge in [0.1, 0.15) is 5.75 Å². The molecule has 2 amide bonds. The van der Waals surface area contributed by atoms with Gasteiger partial charge in [-0.05, 0) is 68.3 Å². The summed E-state index contributed by atoms with van der Waals surface area (Å²) >= 11 is 5.22. The van der Waals surface area contributed by atoms with Gasteiger partial charge in [0.15, 0.2) is 0 Å². The molecule has 0 saturated carbocycles. The molecule has 0 aromatic heterocycles. The smallest absolute Gasteiger partial charge is 0.282 e. The van der Waals surface area contributed by atoms with Crippen molar-refractivity contribution in [2.45, 2.75) is 0 Å². The van der Waals surface area contributed by atoms with Crippen molar-refractivity contribution in [1.82, 2.24) is 5.01 Å². The topological polar surface area (TPSA) is 70.0 Å². The number of rotatable bonds is 2. The van der Waals surface area contributed by atoms with Crippen molar-refractivity contribution in [1.29, 1.82) is 0 Å². The molecule has 7 heteroatoms. The Bertz CT molecular complexity index is 777. The summed E-state index contributed by atoms with van der Waals surface area (Å²) in [5.41, 5.74) is 1.36. The standard InChI is InChI=1S/C15H8BrIN2O3/c16-11-5-8(6-12(17)13(11)20)7-18-19-14(21)9-3-1-2-4-10(9)15(19)22/h1-7,20H/b18-7-. The SMILES string of the molecule is O=C1c2ccccc2C(=O)N1/N=C\c1cc(Br)c(O)c(I)c1. The highest BCUT2D eigenvalue weighted by atomic mass is 127. The number of fused-ring (bicyclic) bond motifs is 1. The van der Waals surface area contributed by atoms with E-state index in [2.05, 4.69) is 21.0 Å². The summed E-state index contributed by atoms with van der Waals surface area (Å²) in [6.45, 7) is 0. The van der Waals surface area contributed by atoms with Gasteiger partial charge >= 0.3 is 0 Å². The molecule has 110 valence electrons. The number of nitrogens with zero attached hydrogens (tertiary/aromatic N) is 2. The summed E-state index contributed by atoms with van der Waals surface area (Å²) in [5.74, 6) is -0.743. The quantitative estimate of drug-likeness (QED) is 0.415. The Morgan fingerprint density at radius 3 is 2.27 bits per heavy atom. The van der Waals surface area contributed by atoms with Gasteiger partial charge < -0.3 is 5.11 Å². The fraction of sp³-hybridized carbons (Fsp3) is 0. The lowest BCUT2D eigenvalue weighted by Gasteiger charge is -2.06. The van der Waals surface area contributed by atoms with Crippen molar-refractivity contribution < 1.29 is 14.7 Å². The zero-order chi connectivity index (χ0) is 15.9. The Hall–Kier alpha value is -1.74. The monoisotopic (exact) mass is 470 g/mol. The van der Waals surface area contributed by atoms with Gasteiger partial charge in [0.05, 0.1) is 25.4 Å². The molecule has 1 heterocycles. The Morgan fingerprint density at radius 1 is 1.14 bits per heavy atom. The number of benzene rings is 2. The third-order valence-electron chi connectivity index (χ3n) is 3.13. The van der Waals surface area contributed by atoms with Gasteiger partial charge in [0.25, 0.3) is 11.8 Å². The molecule has 22 heavy (non-hydrogen) atoms. The predicted octanol–water partition coefficient (Wildman–Crippen LogP) is 3.39. The maximum atomic E-state index is 12.2. The molecule has 0 saturated heterocycles. The van der Waals surface area contributed by atoms with Gasteiger partial charge in [-0.3, -0.25) is 9.59 Å². The number of hydrazone groups is 1. The van der Waals surface area contributed by atoms with Crippen LogP contribution in [0.3, 0.4) is 0 Å². The van der Waals surface area contributed by atoms with Gasteiger partial charge in [-0.1, -0.05) is 12.1 Å². The van der Waals surface area contributed by atoms with E-state index >= 15 is 0 Å². The van der Waals surface area contributed by atoms with Crippen LogP contribution >= 0.6 is 38.5 Å². The number of carbonyl (C=O) groups is 2. The summed E-state index contributed by atoms with van der Waals surface area (Å²) in [4.78, 5) is 24.3. The molecule has 1 aliphatic rings. The molecule has 0 unspecified atom stereocenters. The molecule has 2 aromatic carbocycles. The first-order chi connectivity index (χ1) is 10.5. The average Bonchev–Trinajstić information content (AvgIpc) is 2.75. The molecular formula is C15H8BrIN2O3. The second kappa shape index (κ2) is 5.81. The van der Waals surface area contributed by atoms with Gasteiger partial charge in [0, 0.05) is 0 Å². The summed E-state index contributed by atoms with van der Waals surface area (Å²) in [6, 6.07) is 9.96. The van der Waals surface area contributed by atoms with Gasteiger partial charge in [-0.15, -0.1) is 0 Å². The van der Waals surface area contributed by atoms with E-state index in [1.54, 1.807) is 36.4 Å². The summed E-state index contributed by atoms with van der Waals surface area (Å²) in [5, 5.41) is 14.5. The van der Waals surface area contributed by atoms with E-state index in [0.717, 1.165) is 5.01 Å². The summed E-state index contributed by atoms with van der Waals surface area (Å²) < 4.78 is 1.15. The van der Waals surface area contributed by atoms with Crippen LogP contribution in [0.5, 0.6) is 5.75 Å². The number of phenolic OH excluding ortho intramolecular Hbond substituents is 1. The molecule has 5 nitrogen and oxygen atoms in total. The van der Waals surface area contributed by atoms with Crippen molar-refractivity contribution in [3.8, 4) is 5.75 Å². The van der Waals surface area contributed by atoms with Crippen molar-refractivity contribution in [3.63, 3.8) is 0 Å². The average molecular weight is 471 g/mol. The van der Waals surface area contributed by atoms with E-state index in [1.807, 2.05) is 22.6 Å². The highest BCUT2D eigenvalue weighted by molar-refractivity contribution is 14.1.